The Hall–Kier alpha value is -1.92. The van der Waals surface area contributed by atoms with E-state index in [9.17, 15) is 17.6 Å². The van der Waals surface area contributed by atoms with E-state index in [2.05, 4.69) is 15.3 Å². The van der Waals surface area contributed by atoms with Crippen molar-refractivity contribution in [2.75, 3.05) is 11.9 Å². The average Bonchev–Trinajstić information content (AvgIpc) is 2.36. The van der Waals surface area contributed by atoms with Crippen molar-refractivity contribution >= 4 is 16.9 Å². The summed E-state index contributed by atoms with van der Waals surface area (Å²) < 4.78 is 49.7. The van der Waals surface area contributed by atoms with Gasteiger partial charge in [-0.2, -0.15) is 8.78 Å². The molecule has 0 fully saturated rings. The average molecular weight is 273 g/mol. The monoisotopic (exact) mass is 273 g/mol. The number of benzene rings is 1. The Kier molecular flexibility index (Phi) is 3.55. The van der Waals surface area contributed by atoms with Gasteiger partial charge in [-0.1, -0.05) is 12.1 Å². The number of nitrogens with zero attached hydrogens (tertiary/aromatic N) is 2. The van der Waals surface area contributed by atoms with Crippen LogP contribution in [0.15, 0.2) is 24.3 Å². The van der Waals surface area contributed by atoms with Gasteiger partial charge < -0.3 is 5.32 Å². The van der Waals surface area contributed by atoms with Crippen molar-refractivity contribution in [3.8, 4) is 0 Å². The predicted octanol–water partition coefficient (Wildman–Crippen LogP) is 3.25. The van der Waals surface area contributed by atoms with Crippen LogP contribution in [0, 0.1) is 6.92 Å². The maximum absolute atomic E-state index is 12.8. The minimum atomic E-state index is -4.10. The van der Waals surface area contributed by atoms with E-state index in [-0.39, 0.29) is 5.82 Å². The molecular formula is C12H11F4N3. The van der Waals surface area contributed by atoms with Crippen LogP contribution < -0.4 is 5.32 Å². The second kappa shape index (κ2) is 4.99. The molecule has 1 N–H and O–H groups in total. The Balaban J connectivity index is 2.23. The van der Waals surface area contributed by atoms with Crippen LogP contribution >= 0.6 is 0 Å². The lowest BCUT2D eigenvalue weighted by Gasteiger charge is -2.17. The van der Waals surface area contributed by atoms with Gasteiger partial charge in [-0.3, -0.25) is 0 Å². The number of aromatic nitrogens is 2. The van der Waals surface area contributed by atoms with E-state index < -0.39 is 18.9 Å². The molecule has 0 aliphatic rings. The molecule has 0 saturated carbocycles. The van der Waals surface area contributed by atoms with Crippen LogP contribution in [0.1, 0.15) is 5.69 Å². The number of fused-ring (bicyclic) bond motifs is 1. The molecule has 0 spiro atoms. The number of rotatable bonds is 4. The van der Waals surface area contributed by atoms with Crippen molar-refractivity contribution in [3.63, 3.8) is 0 Å². The quantitative estimate of drug-likeness (QED) is 0.869. The summed E-state index contributed by atoms with van der Waals surface area (Å²) in [4.78, 5) is 8.25. The first-order valence-electron chi connectivity index (χ1n) is 5.53. The number of hydrogen-bond acceptors (Lipinski definition) is 3. The fourth-order valence-corrected chi connectivity index (χ4v) is 1.53. The number of alkyl halides is 4. The molecule has 0 radical (unpaired) electrons. The smallest absolute Gasteiger partial charge is 0.324 e. The molecule has 2 aromatic rings. The molecule has 0 unspecified atom stereocenters. The third-order valence-corrected chi connectivity index (χ3v) is 2.56. The van der Waals surface area contributed by atoms with Crippen molar-refractivity contribution < 1.29 is 17.6 Å². The summed E-state index contributed by atoms with van der Waals surface area (Å²) in [6.45, 7) is 0.390. The first kappa shape index (κ1) is 13.5. The highest BCUT2D eigenvalue weighted by atomic mass is 19.3. The first-order valence-corrected chi connectivity index (χ1v) is 5.53. The third kappa shape index (κ3) is 2.91. The van der Waals surface area contributed by atoms with E-state index in [1.54, 1.807) is 31.2 Å². The summed E-state index contributed by atoms with van der Waals surface area (Å²) in [5, 5.41) is 2.22. The lowest BCUT2D eigenvalue weighted by atomic mass is 10.3. The molecule has 0 aliphatic heterocycles. The Morgan fingerprint density at radius 2 is 1.74 bits per heavy atom. The summed E-state index contributed by atoms with van der Waals surface area (Å²) >= 11 is 0. The second-order valence-corrected chi connectivity index (χ2v) is 4.06. The normalized spacial score (nSPS) is 12.1. The zero-order chi connectivity index (χ0) is 14.0. The maximum atomic E-state index is 12.8. The van der Waals surface area contributed by atoms with Gasteiger partial charge >= 0.3 is 12.3 Å². The number of anilines is 1. The molecule has 1 aromatic carbocycles. The summed E-state index contributed by atoms with van der Waals surface area (Å²) in [6, 6.07) is 6.89. The van der Waals surface area contributed by atoms with E-state index in [0.29, 0.717) is 16.7 Å². The van der Waals surface area contributed by atoms with Gasteiger partial charge in [0.05, 0.1) is 23.3 Å². The van der Waals surface area contributed by atoms with Gasteiger partial charge in [-0.15, -0.1) is 0 Å². The maximum Gasteiger partial charge on any atom is 0.324 e. The standard InChI is InChI=1S/C12H11F4N3/c1-7-10(17-6-12(15,16)11(13)14)19-9-5-3-2-4-8(9)18-7/h2-5,11H,6H2,1H3,(H,17,19). The molecule has 0 bridgehead atoms. The Labute approximate surface area is 106 Å². The SMILES string of the molecule is Cc1nc2ccccc2nc1NCC(F)(F)C(F)F. The summed E-state index contributed by atoms with van der Waals surface area (Å²) in [5.74, 6) is -4.02. The molecule has 2 rings (SSSR count). The fraction of sp³-hybridized carbons (Fsp3) is 0.333. The molecule has 1 aromatic heterocycles. The minimum Gasteiger partial charge on any atom is -0.362 e. The van der Waals surface area contributed by atoms with Crippen molar-refractivity contribution in [3.05, 3.63) is 30.0 Å². The van der Waals surface area contributed by atoms with Gasteiger partial charge in [0.2, 0.25) is 0 Å². The number of hydrogen-bond donors (Lipinski definition) is 1. The van der Waals surface area contributed by atoms with Crippen LogP contribution in [0.4, 0.5) is 23.4 Å². The van der Waals surface area contributed by atoms with Crippen molar-refractivity contribution in [1.29, 1.82) is 0 Å². The zero-order valence-corrected chi connectivity index (χ0v) is 10.0. The minimum absolute atomic E-state index is 0.0824. The van der Waals surface area contributed by atoms with E-state index in [0.717, 1.165) is 0 Å². The molecule has 7 heteroatoms. The van der Waals surface area contributed by atoms with Crippen LogP contribution in [0.25, 0.3) is 11.0 Å². The fourth-order valence-electron chi connectivity index (χ4n) is 1.53. The Morgan fingerprint density at radius 3 is 2.32 bits per heavy atom. The van der Waals surface area contributed by atoms with Crippen LogP contribution in [0.2, 0.25) is 0 Å². The molecule has 1 heterocycles. The number of aryl methyl sites for hydroxylation is 1. The Morgan fingerprint density at radius 1 is 1.16 bits per heavy atom. The van der Waals surface area contributed by atoms with Crippen molar-refractivity contribution in [2.24, 2.45) is 0 Å². The van der Waals surface area contributed by atoms with Gasteiger partial charge in [-0.05, 0) is 19.1 Å². The summed E-state index contributed by atoms with van der Waals surface area (Å²) in [6.07, 6.45) is -3.71. The van der Waals surface area contributed by atoms with Crippen LogP contribution in [0.3, 0.4) is 0 Å². The molecule has 0 amide bonds. The highest BCUT2D eigenvalue weighted by Crippen LogP contribution is 2.24. The third-order valence-electron chi connectivity index (χ3n) is 2.56. The Bertz CT molecular complexity index is 586. The number of nitrogens with one attached hydrogen (secondary N) is 1. The topological polar surface area (TPSA) is 37.8 Å². The lowest BCUT2D eigenvalue weighted by molar-refractivity contribution is -0.117. The second-order valence-electron chi connectivity index (χ2n) is 4.06. The van der Waals surface area contributed by atoms with Crippen LogP contribution in [0.5, 0.6) is 0 Å². The van der Waals surface area contributed by atoms with Gasteiger partial charge in [-0.25, -0.2) is 18.7 Å². The van der Waals surface area contributed by atoms with E-state index in [1.807, 2.05) is 0 Å². The largest absolute Gasteiger partial charge is 0.362 e. The van der Waals surface area contributed by atoms with E-state index in [1.165, 1.54) is 0 Å². The van der Waals surface area contributed by atoms with Crippen molar-refractivity contribution in [2.45, 2.75) is 19.3 Å². The van der Waals surface area contributed by atoms with E-state index >= 15 is 0 Å². The van der Waals surface area contributed by atoms with Gasteiger partial charge in [0.15, 0.2) is 0 Å². The van der Waals surface area contributed by atoms with Gasteiger partial charge in [0.25, 0.3) is 0 Å². The van der Waals surface area contributed by atoms with Crippen LogP contribution in [-0.2, 0) is 0 Å². The van der Waals surface area contributed by atoms with Crippen LogP contribution in [-0.4, -0.2) is 28.9 Å². The molecule has 19 heavy (non-hydrogen) atoms. The lowest BCUT2D eigenvalue weighted by Crippen LogP contribution is -2.35. The number of halogens is 4. The summed E-state index contributed by atoms with van der Waals surface area (Å²) in [5.41, 5.74) is 1.51. The van der Waals surface area contributed by atoms with Gasteiger partial charge in [0, 0.05) is 0 Å². The van der Waals surface area contributed by atoms with E-state index in [4.69, 9.17) is 0 Å². The number of para-hydroxylation sites is 2. The summed E-state index contributed by atoms with van der Waals surface area (Å²) in [7, 11) is 0. The molecule has 0 saturated heterocycles. The predicted molar refractivity (Wildman–Crippen MR) is 63.7 cm³/mol. The van der Waals surface area contributed by atoms with Crippen molar-refractivity contribution in [1.82, 2.24) is 9.97 Å². The zero-order valence-electron chi connectivity index (χ0n) is 10.0. The first-order chi connectivity index (χ1) is 8.90. The highest BCUT2D eigenvalue weighted by Gasteiger charge is 2.40. The molecule has 0 aliphatic carbocycles. The molecule has 102 valence electrons. The molecule has 3 nitrogen and oxygen atoms in total. The highest BCUT2D eigenvalue weighted by molar-refractivity contribution is 5.76. The molecular weight excluding hydrogens is 262 g/mol. The van der Waals surface area contributed by atoms with Gasteiger partial charge in [0.1, 0.15) is 5.82 Å². The molecule has 0 atom stereocenters.